The van der Waals surface area contributed by atoms with Crippen LogP contribution in [-0.4, -0.2) is 46.6 Å². The van der Waals surface area contributed by atoms with Crippen LogP contribution in [0.15, 0.2) is 48.2 Å². The second kappa shape index (κ2) is 10.9. The van der Waals surface area contributed by atoms with E-state index in [0.29, 0.717) is 35.0 Å². The van der Waals surface area contributed by atoms with Crippen molar-refractivity contribution < 1.29 is 23.4 Å². The van der Waals surface area contributed by atoms with Gasteiger partial charge in [-0.15, -0.1) is 0 Å². The number of carbonyl (C=O) groups is 1. The molecule has 0 unspecified atom stereocenters. The Morgan fingerprint density at radius 2 is 1.61 bits per heavy atom. The lowest BCUT2D eigenvalue weighted by atomic mass is 10.0. The Hall–Kier alpha value is -3.03. The number of carbonyl (C=O) groups excluding carboxylic acids is 1. The lowest BCUT2D eigenvalue weighted by Crippen LogP contribution is -2.41. The zero-order chi connectivity index (χ0) is 26.7. The molecule has 3 rings (SSSR count). The summed E-state index contributed by atoms with van der Waals surface area (Å²) >= 11 is 0. The molecule has 0 atom stereocenters. The van der Waals surface area contributed by atoms with Gasteiger partial charge in [0.15, 0.2) is 25.6 Å². The average molecular weight is 510 g/mol. The number of methoxy groups -OCH3 is 3. The molecule has 0 fully saturated rings. The van der Waals surface area contributed by atoms with Gasteiger partial charge in [-0.3, -0.25) is 4.79 Å². The van der Waals surface area contributed by atoms with Crippen LogP contribution in [0.1, 0.15) is 43.6 Å². The van der Waals surface area contributed by atoms with Gasteiger partial charge in [-0.25, -0.2) is 0 Å². The van der Waals surface area contributed by atoms with E-state index < -0.39 is 8.32 Å². The van der Waals surface area contributed by atoms with Crippen LogP contribution in [0, 0.1) is 0 Å². The van der Waals surface area contributed by atoms with E-state index in [1.54, 1.807) is 12.1 Å². The molecule has 7 heteroatoms. The molecule has 3 aromatic rings. The summed E-state index contributed by atoms with van der Waals surface area (Å²) in [6.07, 6.45) is 4.00. The molecular weight excluding hydrogens is 470 g/mol. The van der Waals surface area contributed by atoms with Crippen LogP contribution in [0.4, 0.5) is 0 Å². The number of nitrogens with zero attached hydrogens (tertiary/aromatic N) is 1. The molecule has 0 N–H and O–H groups in total. The lowest BCUT2D eigenvalue weighted by Gasteiger charge is -2.36. The highest BCUT2D eigenvalue weighted by Crippen LogP contribution is 2.39. The van der Waals surface area contributed by atoms with Crippen molar-refractivity contribution in [1.29, 1.82) is 0 Å². The number of ether oxygens (including phenoxy) is 3. The van der Waals surface area contributed by atoms with E-state index in [0.717, 1.165) is 23.0 Å². The topological polar surface area (TPSA) is 58.9 Å². The van der Waals surface area contributed by atoms with Crippen molar-refractivity contribution in [3.8, 4) is 17.2 Å². The fraction of sp³-hybridized carbons (Fsp3) is 0.414. The Labute approximate surface area is 215 Å². The van der Waals surface area contributed by atoms with Crippen molar-refractivity contribution in [2.24, 2.45) is 0 Å². The number of hydrogen-bond acceptors (Lipinski definition) is 5. The van der Waals surface area contributed by atoms with E-state index in [9.17, 15) is 4.79 Å². The molecule has 194 valence electrons. The fourth-order valence-corrected chi connectivity index (χ4v) is 4.91. The molecule has 0 aliphatic heterocycles. The van der Waals surface area contributed by atoms with Crippen LogP contribution < -0.4 is 14.2 Å². The number of aromatic nitrogens is 1. The number of Topliss-reactive ketones (excluding diaryl/α,β-unsaturated/α-hetero) is 1. The first-order chi connectivity index (χ1) is 16.9. The van der Waals surface area contributed by atoms with Gasteiger partial charge in [0, 0.05) is 29.2 Å². The predicted molar refractivity (Wildman–Crippen MR) is 149 cm³/mol. The number of benzene rings is 2. The summed E-state index contributed by atoms with van der Waals surface area (Å²) in [5.74, 6) is 1.26. The smallest absolute Gasteiger partial charge is 0.203 e. The summed E-state index contributed by atoms with van der Waals surface area (Å²) in [7, 11) is 2.85. The molecule has 0 bridgehead atoms. The molecule has 2 aromatic carbocycles. The maximum absolute atomic E-state index is 13.2. The van der Waals surface area contributed by atoms with Crippen molar-refractivity contribution >= 4 is 31.1 Å². The Morgan fingerprint density at radius 3 is 2.17 bits per heavy atom. The Morgan fingerprint density at radius 1 is 0.972 bits per heavy atom. The van der Waals surface area contributed by atoms with Gasteiger partial charge >= 0.3 is 0 Å². The van der Waals surface area contributed by atoms with Gasteiger partial charge in [-0.2, -0.15) is 0 Å². The zero-order valence-electron chi connectivity index (χ0n) is 23.0. The number of hydrogen-bond donors (Lipinski definition) is 0. The second-order valence-electron chi connectivity index (χ2n) is 10.5. The highest BCUT2D eigenvalue weighted by molar-refractivity contribution is 6.74. The average Bonchev–Trinajstić information content (AvgIpc) is 3.23. The quantitative estimate of drug-likeness (QED) is 0.168. The minimum absolute atomic E-state index is 0.102. The SMILES string of the molecule is COc1cc(C(=O)C(C)=Cc2ccc3c(ccn3CCO[Si](C)(C)C(C)(C)C)c2)cc(OC)c1OC. The maximum Gasteiger partial charge on any atom is 0.203 e. The molecule has 1 heterocycles. The van der Waals surface area contributed by atoms with E-state index in [1.165, 1.54) is 21.3 Å². The molecule has 0 aliphatic carbocycles. The monoisotopic (exact) mass is 509 g/mol. The Bertz CT molecular complexity index is 1240. The number of allylic oxidation sites excluding steroid dienone is 1. The maximum atomic E-state index is 13.2. The molecule has 0 saturated heterocycles. The molecule has 0 aliphatic rings. The highest BCUT2D eigenvalue weighted by atomic mass is 28.4. The van der Waals surface area contributed by atoms with Crippen LogP contribution in [0.5, 0.6) is 17.2 Å². The fourth-order valence-electron chi connectivity index (χ4n) is 3.87. The molecule has 0 amide bonds. The Kier molecular flexibility index (Phi) is 8.36. The first-order valence-electron chi connectivity index (χ1n) is 12.2. The van der Waals surface area contributed by atoms with Crippen LogP contribution in [0.2, 0.25) is 18.1 Å². The van der Waals surface area contributed by atoms with Crippen molar-refractivity contribution in [2.75, 3.05) is 27.9 Å². The largest absolute Gasteiger partial charge is 0.493 e. The molecule has 6 nitrogen and oxygen atoms in total. The third-order valence-corrected chi connectivity index (χ3v) is 11.6. The second-order valence-corrected chi connectivity index (χ2v) is 15.3. The van der Waals surface area contributed by atoms with Crippen molar-refractivity contribution in [3.05, 3.63) is 59.3 Å². The summed E-state index contributed by atoms with van der Waals surface area (Å²) in [5.41, 5.74) is 3.22. The number of fused-ring (bicyclic) bond motifs is 1. The summed E-state index contributed by atoms with van der Waals surface area (Å²) < 4.78 is 24.7. The van der Waals surface area contributed by atoms with Gasteiger partial charge in [0.25, 0.3) is 0 Å². The third-order valence-electron chi connectivity index (χ3n) is 7.06. The number of ketones is 1. The molecule has 1 aromatic heterocycles. The van der Waals surface area contributed by atoms with Gasteiger partial charge < -0.3 is 23.2 Å². The lowest BCUT2D eigenvalue weighted by molar-refractivity contribution is 0.103. The Balaban J connectivity index is 1.79. The van der Waals surface area contributed by atoms with E-state index in [1.807, 2.05) is 19.1 Å². The van der Waals surface area contributed by atoms with Crippen LogP contribution >= 0.6 is 0 Å². The van der Waals surface area contributed by atoms with Gasteiger partial charge in [0.05, 0.1) is 27.9 Å². The van der Waals surface area contributed by atoms with Crippen LogP contribution in [-0.2, 0) is 11.0 Å². The molecule has 0 spiro atoms. The van der Waals surface area contributed by atoms with Crippen molar-refractivity contribution in [3.63, 3.8) is 0 Å². The normalized spacial score (nSPS) is 12.6. The van der Waals surface area contributed by atoms with Gasteiger partial charge in [-0.05, 0) is 72.6 Å². The molecule has 0 radical (unpaired) electrons. The minimum Gasteiger partial charge on any atom is -0.493 e. The summed E-state index contributed by atoms with van der Waals surface area (Å²) in [5, 5.41) is 1.33. The van der Waals surface area contributed by atoms with Gasteiger partial charge in [0.2, 0.25) is 5.75 Å². The van der Waals surface area contributed by atoms with E-state index in [4.69, 9.17) is 18.6 Å². The summed E-state index contributed by atoms with van der Waals surface area (Å²) in [6, 6.07) is 11.7. The molecule has 36 heavy (non-hydrogen) atoms. The number of rotatable bonds is 10. The van der Waals surface area contributed by atoms with Gasteiger partial charge in [0.1, 0.15) is 0 Å². The highest BCUT2D eigenvalue weighted by Gasteiger charge is 2.36. The third kappa shape index (κ3) is 5.85. The molecule has 0 saturated carbocycles. The summed E-state index contributed by atoms with van der Waals surface area (Å²) in [4.78, 5) is 13.2. The van der Waals surface area contributed by atoms with E-state index >= 15 is 0 Å². The first kappa shape index (κ1) is 27.6. The predicted octanol–water partition coefficient (Wildman–Crippen LogP) is 6.98. The van der Waals surface area contributed by atoms with Crippen LogP contribution in [0.3, 0.4) is 0 Å². The zero-order valence-corrected chi connectivity index (χ0v) is 24.0. The summed E-state index contributed by atoms with van der Waals surface area (Å²) in [6.45, 7) is 14.7. The van der Waals surface area contributed by atoms with E-state index in [-0.39, 0.29) is 10.8 Å². The van der Waals surface area contributed by atoms with Gasteiger partial charge in [-0.1, -0.05) is 26.8 Å². The molecular formula is C29H39NO5Si. The minimum atomic E-state index is -1.77. The van der Waals surface area contributed by atoms with E-state index in [2.05, 4.69) is 62.8 Å². The standard InChI is InChI=1S/C29H39NO5Si/c1-20(27(31)23-18-25(32-5)28(34-7)26(19-23)33-6)16-21-10-11-24-22(17-21)12-13-30(24)14-15-35-36(8,9)29(2,3)4/h10-13,16-19H,14-15H2,1-9H3. The van der Waals surface area contributed by atoms with Crippen molar-refractivity contribution in [2.45, 2.75) is 52.4 Å². The van der Waals surface area contributed by atoms with Crippen LogP contribution in [0.25, 0.3) is 17.0 Å². The van der Waals surface area contributed by atoms with Crippen molar-refractivity contribution in [1.82, 2.24) is 4.57 Å². The first-order valence-corrected chi connectivity index (χ1v) is 15.1.